The first kappa shape index (κ1) is 22.0. The SMILES string of the molecule is CN(C(=O)OC(C)(C)C)C1CCN(c2ccc(C(=O)N3CC4CCC(CC4)C3)cc2)C1. The molecule has 4 aliphatic rings. The monoisotopic (exact) mass is 427 g/mol. The molecule has 1 aliphatic carbocycles. The second-order valence-corrected chi connectivity index (χ2v) is 10.6. The third kappa shape index (κ3) is 5.16. The summed E-state index contributed by atoms with van der Waals surface area (Å²) < 4.78 is 5.51. The van der Waals surface area contributed by atoms with Gasteiger partial charge in [-0.25, -0.2) is 4.79 Å². The van der Waals surface area contributed by atoms with Crippen LogP contribution in [0, 0.1) is 11.8 Å². The minimum atomic E-state index is -0.487. The molecule has 170 valence electrons. The van der Waals surface area contributed by atoms with E-state index in [1.807, 2.05) is 40.0 Å². The lowest BCUT2D eigenvalue weighted by Crippen LogP contribution is -2.42. The highest BCUT2D eigenvalue weighted by Gasteiger charge is 2.33. The van der Waals surface area contributed by atoms with E-state index < -0.39 is 5.60 Å². The van der Waals surface area contributed by atoms with E-state index in [4.69, 9.17) is 4.74 Å². The van der Waals surface area contributed by atoms with Crippen molar-refractivity contribution in [1.29, 1.82) is 0 Å². The Kier molecular flexibility index (Phi) is 6.18. The number of likely N-dealkylation sites (N-methyl/N-ethyl adjacent to an activating group) is 1. The maximum absolute atomic E-state index is 13.1. The van der Waals surface area contributed by atoms with Gasteiger partial charge in [0.2, 0.25) is 0 Å². The van der Waals surface area contributed by atoms with Gasteiger partial charge in [-0.2, -0.15) is 0 Å². The van der Waals surface area contributed by atoms with E-state index >= 15 is 0 Å². The van der Waals surface area contributed by atoms with Crippen LogP contribution in [0.4, 0.5) is 10.5 Å². The summed E-state index contributed by atoms with van der Waals surface area (Å²) in [5.41, 5.74) is 1.40. The molecule has 1 atom stereocenters. The summed E-state index contributed by atoms with van der Waals surface area (Å²) in [6.07, 6.45) is 5.75. The lowest BCUT2D eigenvalue weighted by Gasteiger charge is -2.29. The summed E-state index contributed by atoms with van der Waals surface area (Å²) in [6.45, 7) is 9.17. The maximum Gasteiger partial charge on any atom is 0.410 e. The molecule has 1 unspecified atom stereocenters. The van der Waals surface area contributed by atoms with Crippen LogP contribution in [0.1, 0.15) is 63.2 Å². The predicted molar refractivity (Wildman–Crippen MR) is 122 cm³/mol. The fourth-order valence-electron chi connectivity index (χ4n) is 5.23. The van der Waals surface area contributed by atoms with E-state index in [2.05, 4.69) is 21.9 Å². The van der Waals surface area contributed by atoms with Crippen LogP contribution in [0.2, 0.25) is 0 Å². The van der Waals surface area contributed by atoms with Crippen molar-refractivity contribution in [3.63, 3.8) is 0 Å². The predicted octanol–water partition coefficient (Wildman–Crippen LogP) is 4.39. The second-order valence-electron chi connectivity index (χ2n) is 10.6. The van der Waals surface area contributed by atoms with Crippen LogP contribution < -0.4 is 4.90 Å². The third-order valence-corrected chi connectivity index (χ3v) is 7.08. The van der Waals surface area contributed by atoms with Gasteiger partial charge in [-0.15, -0.1) is 0 Å². The Morgan fingerprint density at radius 1 is 0.935 bits per heavy atom. The molecule has 2 amide bonds. The Balaban J connectivity index is 1.35. The van der Waals surface area contributed by atoms with Crippen molar-refractivity contribution in [2.24, 2.45) is 11.8 Å². The fraction of sp³-hybridized carbons (Fsp3) is 0.680. The number of ether oxygens (including phenoxy) is 1. The summed E-state index contributed by atoms with van der Waals surface area (Å²) >= 11 is 0. The van der Waals surface area contributed by atoms with Crippen LogP contribution in [0.15, 0.2) is 24.3 Å². The van der Waals surface area contributed by atoms with E-state index in [0.29, 0.717) is 11.8 Å². The van der Waals surface area contributed by atoms with Crippen LogP contribution in [0.25, 0.3) is 0 Å². The van der Waals surface area contributed by atoms with Gasteiger partial charge >= 0.3 is 6.09 Å². The van der Waals surface area contributed by atoms with E-state index in [9.17, 15) is 9.59 Å². The first-order valence-corrected chi connectivity index (χ1v) is 11.8. The van der Waals surface area contributed by atoms with Gasteiger partial charge in [0.05, 0.1) is 6.04 Å². The Labute approximate surface area is 186 Å². The van der Waals surface area contributed by atoms with E-state index in [-0.39, 0.29) is 18.0 Å². The number of rotatable bonds is 3. The molecular weight excluding hydrogens is 390 g/mol. The smallest absolute Gasteiger partial charge is 0.410 e. The highest BCUT2D eigenvalue weighted by atomic mass is 16.6. The molecular formula is C25H37N3O3. The molecule has 3 saturated heterocycles. The normalized spacial score (nSPS) is 26.0. The van der Waals surface area contributed by atoms with Crippen molar-refractivity contribution in [3.05, 3.63) is 29.8 Å². The number of hydrogen-bond donors (Lipinski definition) is 0. The van der Waals surface area contributed by atoms with Gasteiger partial charge in [0, 0.05) is 44.5 Å². The zero-order chi connectivity index (χ0) is 22.2. The highest BCUT2D eigenvalue weighted by Crippen LogP contribution is 2.34. The highest BCUT2D eigenvalue weighted by molar-refractivity contribution is 5.94. The van der Waals surface area contributed by atoms with Gasteiger partial charge in [-0.3, -0.25) is 4.79 Å². The van der Waals surface area contributed by atoms with E-state index in [0.717, 1.165) is 43.9 Å². The molecule has 1 aromatic carbocycles. The fourth-order valence-corrected chi connectivity index (χ4v) is 5.23. The third-order valence-electron chi connectivity index (χ3n) is 7.08. The quantitative estimate of drug-likeness (QED) is 0.718. The number of hydrogen-bond acceptors (Lipinski definition) is 4. The lowest BCUT2D eigenvalue weighted by molar-refractivity contribution is 0.0237. The van der Waals surface area contributed by atoms with Crippen molar-refractivity contribution in [1.82, 2.24) is 9.80 Å². The van der Waals surface area contributed by atoms with Crippen LogP contribution in [0.3, 0.4) is 0 Å². The molecule has 1 aromatic rings. The number of carbonyl (C=O) groups excluding carboxylic acids is 2. The van der Waals surface area contributed by atoms with Gasteiger partial charge in [0.15, 0.2) is 0 Å². The Hall–Kier alpha value is -2.24. The molecule has 0 spiro atoms. The molecule has 2 bridgehead atoms. The van der Waals surface area contributed by atoms with Gasteiger partial charge in [-0.1, -0.05) is 0 Å². The first-order valence-electron chi connectivity index (χ1n) is 11.8. The first-order chi connectivity index (χ1) is 14.7. The Bertz CT molecular complexity index is 779. The van der Waals surface area contributed by atoms with Gasteiger partial charge < -0.3 is 19.4 Å². The molecule has 0 radical (unpaired) electrons. The molecule has 31 heavy (non-hydrogen) atoms. The average Bonchev–Trinajstić information content (AvgIpc) is 3.03. The number of nitrogens with zero attached hydrogens (tertiary/aromatic N) is 3. The summed E-state index contributed by atoms with van der Waals surface area (Å²) in [5, 5.41) is 0. The zero-order valence-electron chi connectivity index (χ0n) is 19.5. The van der Waals surface area contributed by atoms with Crippen molar-refractivity contribution in [2.45, 2.75) is 64.5 Å². The average molecular weight is 428 g/mol. The van der Waals surface area contributed by atoms with Crippen molar-refractivity contribution in [2.75, 3.05) is 38.1 Å². The number of carbonyl (C=O) groups is 2. The molecule has 1 saturated carbocycles. The summed E-state index contributed by atoms with van der Waals surface area (Å²) in [5.74, 6) is 1.55. The van der Waals surface area contributed by atoms with E-state index in [1.165, 1.54) is 25.7 Å². The number of anilines is 1. The van der Waals surface area contributed by atoms with Crippen molar-refractivity contribution < 1.29 is 14.3 Å². The summed E-state index contributed by atoms with van der Waals surface area (Å²) in [7, 11) is 1.82. The maximum atomic E-state index is 13.1. The molecule has 0 N–H and O–H groups in total. The molecule has 5 rings (SSSR count). The number of fused-ring (bicyclic) bond motifs is 4. The van der Waals surface area contributed by atoms with Crippen LogP contribution in [0.5, 0.6) is 0 Å². The topological polar surface area (TPSA) is 53.1 Å². The molecule has 6 heteroatoms. The summed E-state index contributed by atoms with van der Waals surface area (Å²) in [6, 6.07) is 8.17. The second kappa shape index (κ2) is 8.71. The Morgan fingerprint density at radius 3 is 2.06 bits per heavy atom. The number of benzene rings is 1. The lowest BCUT2D eigenvalue weighted by atomic mass is 9.84. The van der Waals surface area contributed by atoms with Gasteiger partial charge in [0.25, 0.3) is 5.91 Å². The summed E-state index contributed by atoms with van der Waals surface area (Å²) in [4.78, 5) is 31.6. The van der Waals surface area contributed by atoms with Crippen LogP contribution in [-0.2, 0) is 4.74 Å². The molecule has 3 heterocycles. The Morgan fingerprint density at radius 2 is 1.52 bits per heavy atom. The number of amides is 2. The van der Waals surface area contributed by atoms with Crippen LogP contribution >= 0.6 is 0 Å². The minimum absolute atomic E-state index is 0.128. The standard InChI is InChI=1S/C25H37N3O3/c1-25(2,3)31-24(30)26(4)22-13-14-27(17-22)21-11-9-20(10-12-21)23(29)28-15-18-5-6-19(16-28)8-7-18/h9-12,18-19,22H,5-8,13-17H2,1-4H3. The van der Waals surface area contributed by atoms with Crippen molar-refractivity contribution >= 4 is 17.7 Å². The van der Waals surface area contributed by atoms with Crippen molar-refractivity contribution in [3.8, 4) is 0 Å². The molecule has 6 nitrogen and oxygen atoms in total. The zero-order valence-corrected chi connectivity index (χ0v) is 19.5. The van der Waals surface area contributed by atoms with Gasteiger partial charge in [-0.05, 0) is 89.0 Å². The molecule has 3 aliphatic heterocycles. The minimum Gasteiger partial charge on any atom is -0.444 e. The molecule has 0 aromatic heterocycles. The van der Waals surface area contributed by atoms with Crippen LogP contribution in [-0.4, -0.2) is 66.7 Å². The van der Waals surface area contributed by atoms with E-state index in [1.54, 1.807) is 4.90 Å². The molecule has 4 fully saturated rings. The largest absolute Gasteiger partial charge is 0.444 e. The van der Waals surface area contributed by atoms with Gasteiger partial charge in [0.1, 0.15) is 5.60 Å².